The standard InChI is InChI=1S/C63H72O33/c1-24-41(71)44(74)49(79)59(86-24)88-32-19-33(68)40-34(20-32)89-55(28-9-15-31(67)16-10-28)58(43(40)73)96-63-53(83)48(78)57(37(92-63)23-85-39(70)18-8-27-5-13-30(66)14-6-27)95-62-52(82)47(77)56(36(91-62)22-84-38(69)17-7-26-3-11-29(65)12-4-26)94-60-51(81)46(76)54(25(2)87-60)93-61-50(80)45(75)42(72)35(21-64)90-61/h3-20,24-25,35-37,41-42,44-54,56-57,59-68,71-72,74-83H,21-23H2,1-2H3/b17-7+,18-8+/t24-,25-,35-,36+,37-,41-,42-,44+,45+,46-,47-,48+,49+,50-,51+,52-,53+,54-,56+,57+,59+,60-,61-,62-,63+/m1/s1. The summed E-state index contributed by atoms with van der Waals surface area (Å²) >= 11 is 0. The zero-order valence-electron chi connectivity index (χ0n) is 50.6. The molecule has 25 atom stereocenters. The highest BCUT2D eigenvalue weighted by atomic mass is 16.8. The number of aromatic hydroxyl groups is 4. The first-order valence-electron chi connectivity index (χ1n) is 30.0. The minimum absolute atomic E-state index is 0.000645. The van der Waals surface area contributed by atoms with E-state index in [1.165, 1.54) is 98.8 Å². The van der Waals surface area contributed by atoms with Gasteiger partial charge in [-0.1, -0.05) is 24.3 Å². The normalized spacial score (nSPS) is 35.8. The molecule has 522 valence electrons. The van der Waals surface area contributed by atoms with Crippen LogP contribution in [0.2, 0.25) is 0 Å². The van der Waals surface area contributed by atoms with Gasteiger partial charge in [-0.15, -0.1) is 0 Å². The van der Waals surface area contributed by atoms with Gasteiger partial charge in [-0.2, -0.15) is 0 Å². The molecule has 5 aliphatic heterocycles. The number of esters is 2. The quantitative estimate of drug-likeness (QED) is 0.0268. The Labute approximate surface area is 542 Å². The molecule has 96 heavy (non-hydrogen) atoms. The maximum atomic E-state index is 14.8. The predicted molar refractivity (Wildman–Crippen MR) is 317 cm³/mol. The Kier molecular flexibility index (Phi) is 22.6. The van der Waals surface area contributed by atoms with Crippen molar-refractivity contribution in [1.29, 1.82) is 0 Å². The fraction of sp³-hybridized carbons (Fsp3) is 0.476. The van der Waals surface area contributed by atoms with Crippen LogP contribution in [0, 0.1) is 0 Å². The molecule has 6 heterocycles. The number of hydrogen-bond acceptors (Lipinski definition) is 33. The summed E-state index contributed by atoms with van der Waals surface area (Å²) in [5.41, 5.74) is -0.720. The number of hydrogen-bond donors (Lipinski definition) is 17. The van der Waals surface area contributed by atoms with Gasteiger partial charge in [0.05, 0.1) is 18.8 Å². The second-order valence-electron chi connectivity index (χ2n) is 23.2. The van der Waals surface area contributed by atoms with Crippen molar-refractivity contribution >= 4 is 35.1 Å². The van der Waals surface area contributed by atoms with E-state index >= 15 is 0 Å². The Bertz CT molecular complexity index is 3570. The molecule has 1 aromatic heterocycles. The molecule has 0 radical (unpaired) electrons. The number of rotatable bonds is 20. The Hall–Kier alpha value is -7.53. The van der Waals surface area contributed by atoms with Crippen LogP contribution in [-0.2, 0) is 57.0 Å². The van der Waals surface area contributed by atoms with Gasteiger partial charge in [0.25, 0.3) is 0 Å². The topological polar surface area (TPSA) is 519 Å². The van der Waals surface area contributed by atoms with E-state index in [9.17, 15) is 101 Å². The average molecular weight is 1360 g/mol. The summed E-state index contributed by atoms with van der Waals surface area (Å²) in [4.78, 5) is 41.4. The molecule has 4 aromatic carbocycles. The molecule has 5 saturated heterocycles. The first kappa shape index (κ1) is 71.2. The Balaban J connectivity index is 0.935. The summed E-state index contributed by atoms with van der Waals surface area (Å²) in [5.74, 6) is -4.92. The number of ether oxygens (including phenoxy) is 12. The second-order valence-corrected chi connectivity index (χ2v) is 23.2. The van der Waals surface area contributed by atoms with Crippen LogP contribution >= 0.6 is 0 Å². The molecule has 0 aliphatic carbocycles. The molecule has 0 amide bonds. The van der Waals surface area contributed by atoms with Crippen LogP contribution in [0.4, 0.5) is 0 Å². The van der Waals surface area contributed by atoms with Crippen molar-refractivity contribution in [2.45, 2.75) is 167 Å². The molecule has 10 rings (SSSR count). The largest absolute Gasteiger partial charge is 0.508 e. The first-order chi connectivity index (χ1) is 45.7. The summed E-state index contributed by atoms with van der Waals surface area (Å²) in [5, 5.41) is 184. The molecular weight excluding hydrogens is 1280 g/mol. The Morgan fingerprint density at radius 1 is 0.458 bits per heavy atom. The lowest BCUT2D eigenvalue weighted by molar-refractivity contribution is -0.384. The monoisotopic (exact) mass is 1360 g/mol. The molecule has 5 aromatic rings. The van der Waals surface area contributed by atoms with Crippen LogP contribution in [0.5, 0.6) is 34.5 Å². The number of fused-ring (bicyclic) bond motifs is 1. The molecule has 17 N–H and O–H groups in total. The maximum Gasteiger partial charge on any atom is 0.330 e. The van der Waals surface area contributed by atoms with Gasteiger partial charge >= 0.3 is 11.9 Å². The minimum Gasteiger partial charge on any atom is -0.508 e. The zero-order valence-corrected chi connectivity index (χ0v) is 50.6. The number of phenols is 4. The molecular formula is C63H72O33. The van der Waals surface area contributed by atoms with Gasteiger partial charge in [-0.3, -0.25) is 4.79 Å². The van der Waals surface area contributed by atoms with Gasteiger partial charge < -0.3 is 148 Å². The van der Waals surface area contributed by atoms with E-state index in [0.717, 1.165) is 24.3 Å². The van der Waals surface area contributed by atoms with Crippen molar-refractivity contribution in [2.24, 2.45) is 0 Å². The highest BCUT2D eigenvalue weighted by molar-refractivity contribution is 5.89. The van der Waals surface area contributed by atoms with Crippen LogP contribution in [0.3, 0.4) is 0 Å². The minimum atomic E-state index is -2.34. The summed E-state index contributed by atoms with van der Waals surface area (Å²) in [6, 6.07) is 18.2. The third-order valence-corrected chi connectivity index (χ3v) is 16.5. The van der Waals surface area contributed by atoms with Crippen LogP contribution < -0.4 is 14.9 Å². The fourth-order valence-electron chi connectivity index (χ4n) is 11.1. The van der Waals surface area contributed by atoms with E-state index in [4.69, 9.17) is 61.3 Å². The van der Waals surface area contributed by atoms with Gasteiger partial charge in [0.15, 0.2) is 24.6 Å². The molecule has 0 saturated carbocycles. The van der Waals surface area contributed by atoms with Gasteiger partial charge in [0.2, 0.25) is 23.8 Å². The van der Waals surface area contributed by atoms with Crippen molar-refractivity contribution in [2.75, 3.05) is 19.8 Å². The molecule has 5 aliphatic rings. The highest BCUT2D eigenvalue weighted by Crippen LogP contribution is 2.41. The van der Waals surface area contributed by atoms with Crippen LogP contribution in [-0.4, -0.2) is 272 Å². The molecule has 33 heteroatoms. The predicted octanol–water partition coefficient (Wildman–Crippen LogP) is -3.30. The van der Waals surface area contributed by atoms with Gasteiger partial charge in [0, 0.05) is 29.8 Å². The lowest BCUT2D eigenvalue weighted by Gasteiger charge is -2.49. The number of carbonyl (C=O) groups excluding carboxylic acids is 2. The van der Waals surface area contributed by atoms with Crippen LogP contribution in [0.15, 0.2) is 106 Å². The van der Waals surface area contributed by atoms with Crippen molar-refractivity contribution < 1.29 is 158 Å². The van der Waals surface area contributed by atoms with Gasteiger partial charge in [-0.25, -0.2) is 9.59 Å². The first-order valence-corrected chi connectivity index (χ1v) is 30.0. The smallest absolute Gasteiger partial charge is 0.330 e. The molecule has 5 fully saturated rings. The molecule has 33 nitrogen and oxygen atoms in total. The molecule has 0 spiro atoms. The zero-order chi connectivity index (χ0) is 69.1. The van der Waals surface area contributed by atoms with E-state index in [1.807, 2.05) is 0 Å². The molecule has 0 unspecified atom stereocenters. The maximum absolute atomic E-state index is 14.8. The molecule has 0 bridgehead atoms. The van der Waals surface area contributed by atoms with E-state index in [2.05, 4.69) is 0 Å². The third-order valence-electron chi connectivity index (χ3n) is 16.5. The lowest BCUT2D eigenvalue weighted by atomic mass is 9.95. The summed E-state index contributed by atoms with van der Waals surface area (Å²) in [6.07, 6.45) is -42.3. The van der Waals surface area contributed by atoms with Crippen molar-refractivity contribution in [3.63, 3.8) is 0 Å². The van der Waals surface area contributed by atoms with Gasteiger partial charge in [0.1, 0.15) is 163 Å². The highest BCUT2D eigenvalue weighted by Gasteiger charge is 2.56. The van der Waals surface area contributed by atoms with E-state index in [1.54, 1.807) is 0 Å². The third kappa shape index (κ3) is 15.7. The number of aliphatic hydroxyl groups excluding tert-OH is 13. The Morgan fingerprint density at radius 3 is 1.41 bits per heavy atom. The summed E-state index contributed by atoms with van der Waals surface area (Å²) in [7, 11) is 0. The fourth-order valence-corrected chi connectivity index (χ4v) is 11.1. The number of benzene rings is 4. The number of phenolic OH excluding ortho intramolecular Hbond substituents is 4. The van der Waals surface area contributed by atoms with Crippen LogP contribution in [0.25, 0.3) is 34.4 Å². The van der Waals surface area contributed by atoms with E-state index in [0.29, 0.717) is 11.1 Å². The van der Waals surface area contributed by atoms with Crippen molar-refractivity contribution in [3.8, 4) is 45.8 Å². The SMILES string of the molecule is C[C@H]1O[C@@H](Oc2cc(O)c3c(=O)c(O[C@@H]4O[C@H](COC(=O)/C=C/c5ccc(O)cc5)[C@H](O[C@H]5O[C@@H](COC(=O)/C=C/c6ccc(O)cc6)[C@H](O[C@H]6O[C@H](C)[C@@H](O[C@H]7O[C@H](CO)[C@@H](O)[C@H](O)[C@H]7O)[C@H](O)[C@@H]6O)[C@H](O)[C@H]5O)[C@@H](O)[C@@H]4O)c(-c4ccc(O)cc4)oc3c2)[C@@H](O)[C@@H](O)[C@@H]1O. The summed E-state index contributed by atoms with van der Waals surface area (Å²) in [6.45, 7) is 0.0312. The second kappa shape index (κ2) is 30.5. The van der Waals surface area contributed by atoms with Crippen LogP contribution in [0.1, 0.15) is 25.0 Å². The number of carbonyl (C=O) groups is 2. The number of aliphatic hydroxyl groups is 13. The van der Waals surface area contributed by atoms with E-state index in [-0.39, 0.29) is 28.6 Å². The van der Waals surface area contributed by atoms with Gasteiger partial charge in [-0.05, 0) is 85.7 Å². The average Bonchev–Trinajstić information content (AvgIpc) is 0.760. The van der Waals surface area contributed by atoms with Crippen molar-refractivity contribution in [1.82, 2.24) is 0 Å². The summed E-state index contributed by atoms with van der Waals surface area (Å²) < 4.78 is 75.9. The lowest BCUT2D eigenvalue weighted by Crippen LogP contribution is -2.67. The van der Waals surface area contributed by atoms with E-state index < -0.39 is 219 Å². The Morgan fingerprint density at radius 2 is 0.875 bits per heavy atom. The van der Waals surface area contributed by atoms with Crippen molar-refractivity contribution in [3.05, 3.63) is 118 Å².